The summed E-state index contributed by atoms with van der Waals surface area (Å²) >= 11 is 0. The highest BCUT2D eigenvalue weighted by Crippen LogP contribution is 2.25. The van der Waals surface area contributed by atoms with E-state index in [-0.39, 0.29) is 21.5 Å². The summed E-state index contributed by atoms with van der Waals surface area (Å²) in [5.41, 5.74) is -1.60. The Hall–Kier alpha value is -4.40. The first-order chi connectivity index (χ1) is 14.0. The number of para-hydroxylation sites is 1. The van der Waals surface area contributed by atoms with Gasteiger partial charge in [0.15, 0.2) is 11.2 Å². The van der Waals surface area contributed by atoms with E-state index in [1.165, 1.54) is 36.7 Å². The van der Waals surface area contributed by atoms with Crippen LogP contribution in [0.25, 0.3) is 11.0 Å². The fourth-order valence-corrected chi connectivity index (χ4v) is 2.71. The molecule has 0 saturated heterocycles. The maximum absolute atomic E-state index is 12.6. The summed E-state index contributed by atoms with van der Waals surface area (Å²) in [7, 11) is 0. The minimum Gasteiger partial charge on any atom is -0.506 e. The van der Waals surface area contributed by atoms with Crippen molar-refractivity contribution >= 4 is 22.6 Å². The lowest BCUT2D eigenvalue weighted by Crippen LogP contribution is -2.29. The molecule has 4 aromatic rings. The van der Waals surface area contributed by atoms with Crippen LogP contribution < -0.4 is 15.6 Å². The number of aromatic nitrogens is 3. The molecule has 1 amide bonds. The molecule has 0 spiro atoms. The van der Waals surface area contributed by atoms with Gasteiger partial charge in [-0.1, -0.05) is 18.2 Å². The predicted octanol–water partition coefficient (Wildman–Crippen LogP) is 2.78. The molecule has 4 rings (SSSR count). The SMILES string of the molecule is O=C(Nc1ccc(Oc2ccccc2)nc1)c1c(O)c2cccnc2n(O)c1=O. The highest BCUT2D eigenvalue weighted by molar-refractivity contribution is 6.08. The van der Waals surface area contributed by atoms with E-state index in [1.807, 2.05) is 18.2 Å². The number of nitrogens with zero attached hydrogens (tertiary/aromatic N) is 3. The second-order valence-corrected chi connectivity index (χ2v) is 5.97. The minimum atomic E-state index is -1.09. The van der Waals surface area contributed by atoms with Crippen LogP contribution in [0.15, 0.2) is 71.8 Å². The van der Waals surface area contributed by atoms with Crippen molar-refractivity contribution in [2.24, 2.45) is 0 Å². The van der Waals surface area contributed by atoms with Gasteiger partial charge in [0.05, 0.1) is 17.3 Å². The Morgan fingerprint density at radius 3 is 2.55 bits per heavy atom. The topological polar surface area (TPSA) is 127 Å². The van der Waals surface area contributed by atoms with E-state index >= 15 is 0 Å². The molecular weight excluding hydrogens is 376 g/mol. The molecule has 9 heteroatoms. The number of pyridine rings is 3. The molecular formula is C20H14N4O5. The third kappa shape index (κ3) is 3.44. The third-order valence-corrected chi connectivity index (χ3v) is 4.07. The van der Waals surface area contributed by atoms with Crippen LogP contribution in [0.5, 0.6) is 17.4 Å². The van der Waals surface area contributed by atoms with E-state index < -0.39 is 22.8 Å². The van der Waals surface area contributed by atoms with Crippen molar-refractivity contribution < 1.29 is 19.8 Å². The molecule has 0 atom stereocenters. The van der Waals surface area contributed by atoms with Crippen molar-refractivity contribution in [3.63, 3.8) is 0 Å². The van der Waals surface area contributed by atoms with Gasteiger partial charge < -0.3 is 20.4 Å². The van der Waals surface area contributed by atoms with E-state index in [2.05, 4.69) is 15.3 Å². The number of hydrogen-bond acceptors (Lipinski definition) is 7. The lowest BCUT2D eigenvalue weighted by Gasteiger charge is -2.10. The largest absolute Gasteiger partial charge is 0.506 e. The molecule has 29 heavy (non-hydrogen) atoms. The van der Waals surface area contributed by atoms with Crippen LogP contribution in [0.3, 0.4) is 0 Å². The molecule has 0 saturated carbocycles. The van der Waals surface area contributed by atoms with Crippen molar-refractivity contribution in [1.82, 2.24) is 14.7 Å². The lowest BCUT2D eigenvalue weighted by molar-refractivity contribution is 0.101. The summed E-state index contributed by atoms with van der Waals surface area (Å²) in [6.45, 7) is 0. The Bertz CT molecular complexity index is 1250. The Morgan fingerprint density at radius 1 is 1.03 bits per heavy atom. The second-order valence-electron chi connectivity index (χ2n) is 5.97. The van der Waals surface area contributed by atoms with Crippen LogP contribution in [0.1, 0.15) is 10.4 Å². The molecule has 144 valence electrons. The van der Waals surface area contributed by atoms with E-state index in [0.29, 0.717) is 11.6 Å². The monoisotopic (exact) mass is 390 g/mol. The number of nitrogens with one attached hydrogen (secondary N) is 1. The van der Waals surface area contributed by atoms with Crippen molar-refractivity contribution in [3.8, 4) is 17.4 Å². The van der Waals surface area contributed by atoms with E-state index in [1.54, 1.807) is 12.1 Å². The Labute approximate surface area is 163 Å². The summed E-state index contributed by atoms with van der Waals surface area (Å²) in [5.74, 6) is -0.556. The van der Waals surface area contributed by atoms with Gasteiger partial charge in [-0.25, -0.2) is 9.97 Å². The number of ether oxygens (including phenoxy) is 1. The number of amides is 1. The zero-order valence-electron chi connectivity index (χ0n) is 14.8. The first-order valence-electron chi connectivity index (χ1n) is 8.47. The molecule has 0 aliphatic carbocycles. The molecule has 9 nitrogen and oxygen atoms in total. The van der Waals surface area contributed by atoms with Crippen LogP contribution in [0, 0.1) is 0 Å². The van der Waals surface area contributed by atoms with Gasteiger partial charge in [-0.3, -0.25) is 9.59 Å². The molecule has 0 aliphatic rings. The first kappa shape index (κ1) is 18.0. The van der Waals surface area contributed by atoms with Gasteiger partial charge in [0.1, 0.15) is 11.5 Å². The molecule has 3 heterocycles. The van der Waals surface area contributed by atoms with Crippen LogP contribution in [0.4, 0.5) is 5.69 Å². The average Bonchev–Trinajstić information content (AvgIpc) is 2.74. The number of rotatable bonds is 4. The lowest BCUT2D eigenvalue weighted by atomic mass is 10.1. The third-order valence-electron chi connectivity index (χ3n) is 4.07. The zero-order valence-corrected chi connectivity index (χ0v) is 14.8. The Balaban J connectivity index is 1.59. The van der Waals surface area contributed by atoms with Crippen molar-refractivity contribution in [1.29, 1.82) is 0 Å². The summed E-state index contributed by atoms with van der Waals surface area (Å²) in [6.07, 6.45) is 2.69. The quantitative estimate of drug-likeness (QED) is 0.457. The van der Waals surface area contributed by atoms with Gasteiger partial charge in [-0.15, -0.1) is 4.73 Å². The van der Waals surface area contributed by atoms with Gasteiger partial charge in [-0.2, -0.15) is 0 Å². The number of hydrogen-bond donors (Lipinski definition) is 3. The Morgan fingerprint density at radius 2 is 1.83 bits per heavy atom. The maximum atomic E-state index is 12.6. The number of aromatic hydroxyl groups is 1. The smallest absolute Gasteiger partial charge is 0.301 e. The van der Waals surface area contributed by atoms with E-state index in [0.717, 1.165) is 0 Å². The van der Waals surface area contributed by atoms with Gasteiger partial charge in [0.2, 0.25) is 5.88 Å². The van der Waals surface area contributed by atoms with Crippen LogP contribution >= 0.6 is 0 Å². The molecule has 0 unspecified atom stereocenters. The van der Waals surface area contributed by atoms with Gasteiger partial charge >= 0.3 is 5.56 Å². The summed E-state index contributed by atoms with van der Waals surface area (Å²) < 4.78 is 5.79. The number of carbonyl (C=O) groups is 1. The number of fused-ring (bicyclic) bond motifs is 1. The standard InChI is InChI=1S/C20H14N4O5/c25-17-14-7-4-10-21-18(14)24(28)20(27)16(17)19(26)23-12-8-9-15(22-11-12)29-13-5-2-1-3-6-13/h1-11,25,28H,(H,23,26). The fourth-order valence-electron chi connectivity index (χ4n) is 2.71. The Kier molecular flexibility index (Phi) is 4.54. The normalized spacial score (nSPS) is 10.6. The number of benzene rings is 1. The van der Waals surface area contributed by atoms with Crippen LogP contribution in [-0.4, -0.2) is 30.9 Å². The number of carbonyl (C=O) groups excluding carboxylic acids is 1. The summed E-state index contributed by atoms with van der Waals surface area (Å²) in [5, 5.41) is 22.8. The zero-order chi connectivity index (χ0) is 20.4. The van der Waals surface area contributed by atoms with E-state index in [9.17, 15) is 19.9 Å². The van der Waals surface area contributed by atoms with Crippen LogP contribution in [0.2, 0.25) is 0 Å². The summed E-state index contributed by atoms with van der Waals surface area (Å²) in [6, 6.07) is 15.0. The molecule has 1 aromatic carbocycles. The molecule has 0 fully saturated rings. The van der Waals surface area contributed by atoms with Gasteiger partial charge in [-0.05, 0) is 30.3 Å². The van der Waals surface area contributed by atoms with Gasteiger partial charge in [0.25, 0.3) is 5.91 Å². The molecule has 0 aliphatic heterocycles. The van der Waals surface area contributed by atoms with Crippen molar-refractivity contribution in [3.05, 3.63) is 82.9 Å². The van der Waals surface area contributed by atoms with Crippen molar-refractivity contribution in [2.45, 2.75) is 0 Å². The predicted molar refractivity (Wildman–Crippen MR) is 104 cm³/mol. The highest BCUT2D eigenvalue weighted by atomic mass is 16.5. The maximum Gasteiger partial charge on any atom is 0.301 e. The highest BCUT2D eigenvalue weighted by Gasteiger charge is 2.23. The molecule has 3 aromatic heterocycles. The molecule has 3 N–H and O–H groups in total. The number of anilines is 1. The summed E-state index contributed by atoms with van der Waals surface area (Å²) in [4.78, 5) is 32.8. The van der Waals surface area contributed by atoms with E-state index in [4.69, 9.17) is 4.74 Å². The first-order valence-corrected chi connectivity index (χ1v) is 8.47. The minimum absolute atomic E-state index is 0.0597. The molecule has 0 bridgehead atoms. The average molecular weight is 390 g/mol. The fraction of sp³-hybridized carbons (Fsp3) is 0. The van der Waals surface area contributed by atoms with Crippen LogP contribution in [-0.2, 0) is 0 Å². The van der Waals surface area contributed by atoms with Crippen molar-refractivity contribution in [2.75, 3.05) is 5.32 Å². The second kappa shape index (κ2) is 7.31. The molecule has 0 radical (unpaired) electrons. The van der Waals surface area contributed by atoms with Gasteiger partial charge in [0, 0.05) is 12.3 Å².